The number of nitro benzene ring substituents is 1. The van der Waals surface area contributed by atoms with E-state index in [-0.39, 0.29) is 5.69 Å². The molecule has 0 radical (unpaired) electrons. The zero-order chi connectivity index (χ0) is 13.7. The van der Waals surface area contributed by atoms with Gasteiger partial charge in [-0.3, -0.25) is 10.1 Å². The van der Waals surface area contributed by atoms with Crippen molar-refractivity contribution >= 4 is 17.3 Å². The van der Waals surface area contributed by atoms with Crippen molar-refractivity contribution in [3.8, 4) is 11.4 Å². The molecule has 7 heteroatoms. The van der Waals surface area contributed by atoms with E-state index in [1.807, 2.05) is 12.2 Å². The second-order valence-electron chi connectivity index (χ2n) is 3.72. The number of non-ortho nitro benzene ring substituents is 1. The highest BCUT2D eigenvalue weighted by Gasteiger charge is 2.07. The van der Waals surface area contributed by atoms with Gasteiger partial charge in [0, 0.05) is 23.6 Å². The van der Waals surface area contributed by atoms with Crippen molar-refractivity contribution in [2.24, 2.45) is 0 Å². The van der Waals surface area contributed by atoms with Crippen LogP contribution in [0.15, 0.2) is 42.7 Å². The summed E-state index contributed by atoms with van der Waals surface area (Å²) in [5, 5.41) is 14.8. The molecule has 0 aliphatic carbocycles. The smallest absolute Gasteiger partial charge is 0.258 e. The molecule has 1 aromatic carbocycles. The van der Waals surface area contributed by atoms with Crippen LogP contribution in [-0.2, 0) is 6.54 Å². The zero-order valence-corrected chi connectivity index (χ0v) is 10.7. The molecule has 0 aliphatic heterocycles. The Balaban J connectivity index is 2.13. The van der Waals surface area contributed by atoms with Crippen molar-refractivity contribution in [3.05, 3.63) is 52.9 Å². The van der Waals surface area contributed by atoms with E-state index in [9.17, 15) is 10.1 Å². The third-order valence-corrected chi connectivity index (χ3v) is 2.60. The molecule has 0 saturated carbocycles. The fourth-order valence-electron chi connectivity index (χ4n) is 1.49. The van der Waals surface area contributed by atoms with Crippen molar-refractivity contribution in [1.82, 2.24) is 14.8 Å². The normalized spacial score (nSPS) is 11.0. The third kappa shape index (κ3) is 3.38. The van der Waals surface area contributed by atoms with E-state index >= 15 is 0 Å². The van der Waals surface area contributed by atoms with Gasteiger partial charge in [0.25, 0.3) is 5.69 Å². The maximum Gasteiger partial charge on any atom is 0.269 e. The first-order valence-corrected chi connectivity index (χ1v) is 6.09. The number of hydrogen-bond donors (Lipinski definition) is 0. The molecular formula is C12H11ClN4O2. The predicted octanol–water partition coefficient (Wildman–Crippen LogP) is 2.65. The standard InChI is InChI=1S/C12H11ClN4O2/c13-7-1-2-8-16-9-14-12(15-16)10-3-5-11(6-4-10)17(18)19/h1-6,9H,7-8H2/b2-1+. The molecule has 6 nitrogen and oxygen atoms in total. The Hall–Kier alpha value is -2.21. The summed E-state index contributed by atoms with van der Waals surface area (Å²) >= 11 is 5.52. The number of nitro groups is 1. The van der Waals surface area contributed by atoms with Gasteiger partial charge in [-0.2, -0.15) is 5.10 Å². The molecule has 1 heterocycles. The topological polar surface area (TPSA) is 73.8 Å². The second kappa shape index (κ2) is 6.10. The molecule has 2 rings (SSSR count). The third-order valence-electron chi connectivity index (χ3n) is 2.42. The van der Waals surface area contributed by atoms with Gasteiger partial charge in [0.05, 0.1) is 11.5 Å². The lowest BCUT2D eigenvalue weighted by molar-refractivity contribution is -0.384. The molecule has 0 saturated heterocycles. The number of alkyl halides is 1. The van der Waals surface area contributed by atoms with Crippen LogP contribution >= 0.6 is 11.6 Å². The van der Waals surface area contributed by atoms with Crippen LogP contribution in [0.5, 0.6) is 0 Å². The SMILES string of the molecule is O=[N+]([O-])c1ccc(-c2ncn(C/C=C/CCl)n2)cc1. The summed E-state index contributed by atoms with van der Waals surface area (Å²) in [5.74, 6) is 0.998. The lowest BCUT2D eigenvalue weighted by atomic mass is 10.2. The maximum atomic E-state index is 10.6. The van der Waals surface area contributed by atoms with Crippen LogP contribution in [0.25, 0.3) is 11.4 Å². The molecule has 0 unspecified atom stereocenters. The largest absolute Gasteiger partial charge is 0.269 e. The molecule has 0 N–H and O–H groups in total. The Labute approximate surface area is 114 Å². The maximum absolute atomic E-state index is 10.6. The van der Waals surface area contributed by atoms with Gasteiger partial charge in [-0.15, -0.1) is 11.6 Å². The summed E-state index contributed by atoms with van der Waals surface area (Å²) in [6, 6.07) is 6.13. The highest BCUT2D eigenvalue weighted by atomic mass is 35.5. The first-order valence-electron chi connectivity index (χ1n) is 5.56. The van der Waals surface area contributed by atoms with E-state index in [0.29, 0.717) is 18.2 Å². The molecule has 98 valence electrons. The number of rotatable bonds is 5. The Morgan fingerprint density at radius 1 is 1.32 bits per heavy atom. The molecule has 19 heavy (non-hydrogen) atoms. The van der Waals surface area contributed by atoms with Gasteiger partial charge in [-0.05, 0) is 12.1 Å². The number of nitrogens with zero attached hydrogens (tertiary/aromatic N) is 4. The average Bonchev–Trinajstić information content (AvgIpc) is 2.88. The van der Waals surface area contributed by atoms with Crippen LogP contribution in [0.2, 0.25) is 0 Å². The highest BCUT2D eigenvalue weighted by Crippen LogP contribution is 2.18. The van der Waals surface area contributed by atoms with Gasteiger partial charge in [-0.25, -0.2) is 9.67 Å². The summed E-state index contributed by atoms with van der Waals surface area (Å²) in [7, 11) is 0. The minimum Gasteiger partial charge on any atom is -0.258 e. The molecule has 0 bridgehead atoms. The summed E-state index contributed by atoms with van der Waals surface area (Å²) in [6.07, 6.45) is 5.32. The fourth-order valence-corrected chi connectivity index (χ4v) is 1.62. The number of benzene rings is 1. The van der Waals surface area contributed by atoms with Crippen LogP contribution < -0.4 is 0 Å². The Morgan fingerprint density at radius 2 is 2.05 bits per heavy atom. The first kappa shape index (κ1) is 13.2. The van der Waals surface area contributed by atoms with E-state index in [0.717, 1.165) is 5.56 Å². The predicted molar refractivity (Wildman–Crippen MR) is 72.0 cm³/mol. The molecule has 0 atom stereocenters. The number of halogens is 1. The van der Waals surface area contributed by atoms with Crippen LogP contribution in [0.3, 0.4) is 0 Å². The minimum atomic E-state index is -0.438. The number of allylic oxidation sites excluding steroid dienone is 2. The van der Waals surface area contributed by atoms with Gasteiger partial charge < -0.3 is 0 Å². The lowest BCUT2D eigenvalue weighted by Crippen LogP contribution is -1.95. The summed E-state index contributed by atoms with van der Waals surface area (Å²) in [5.41, 5.74) is 0.791. The Bertz CT molecular complexity index is 592. The summed E-state index contributed by atoms with van der Waals surface area (Å²) in [6.45, 7) is 0.590. The Morgan fingerprint density at radius 3 is 2.68 bits per heavy atom. The molecule has 0 amide bonds. The van der Waals surface area contributed by atoms with Gasteiger partial charge >= 0.3 is 0 Å². The van der Waals surface area contributed by atoms with Gasteiger partial charge in [0.15, 0.2) is 5.82 Å². The summed E-state index contributed by atoms with van der Waals surface area (Å²) < 4.78 is 1.67. The van der Waals surface area contributed by atoms with Crippen LogP contribution in [-0.4, -0.2) is 25.6 Å². The van der Waals surface area contributed by atoms with E-state index in [4.69, 9.17) is 11.6 Å². The molecule has 0 aliphatic rings. The highest BCUT2D eigenvalue weighted by molar-refractivity contribution is 6.18. The summed E-state index contributed by atoms with van der Waals surface area (Å²) in [4.78, 5) is 14.3. The zero-order valence-electron chi connectivity index (χ0n) is 9.94. The first-order chi connectivity index (χ1) is 9.20. The number of hydrogen-bond acceptors (Lipinski definition) is 4. The fraction of sp³-hybridized carbons (Fsp3) is 0.167. The second-order valence-corrected chi connectivity index (χ2v) is 4.03. The molecule has 0 spiro atoms. The average molecular weight is 279 g/mol. The Kier molecular flexibility index (Phi) is 4.25. The lowest BCUT2D eigenvalue weighted by Gasteiger charge is -1.95. The van der Waals surface area contributed by atoms with E-state index < -0.39 is 4.92 Å². The van der Waals surface area contributed by atoms with Crippen LogP contribution in [0.4, 0.5) is 5.69 Å². The van der Waals surface area contributed by atoms with E-state index in [2.05, 4.69) is 10.1 Å². The molecule has 2 aromatic rings. The van der Waals surface area contributed by atoms with Crippen molar-refractivity contribution in [2.45, 2.75) is 6.54 Å². The molecular weight excluding hydrogens is 268 g/mol. The minimum absolute atomic E-state index is 0.0493. The van der Waals surface area contributed by atoms with Crippen molar-refractivity contribution in [1.29, 1.82) is 0 Å². The monoisotopic (exact) mass is 278 g/mol. The van der Waals surface area contributed by atoms with Crippen molar-refractivity contribution in [2.75, 3.05) is 5.88 Å². The quantitative estimate of drug-likeness (QED) is 0.365. The van der Waals surface area contributed by atoms with Gasteiger partial charge in [0.2, 0.25) is 0 Å². The van der Waals surface area contributed by atoms with E-state index in [1.165, 1.54) is 12.1 Å². The van der Waals surface area contributed by atoms with Crippen LogP contribution in [0, 0.1) is 10.1 Å². The van der Waals surface area contributed by atoms with Crippen LogP contribution in [0.1, 0.15) is 0 Å². The molecule has 1 aromatic heterocycles. The van der Waals surface area contributed by atoms with E-state index in [1.54, 1.807) is 23.1 Å². The van der Waals surface area contributed by atoms with Gasteiger partial charge in [-0.1, -0.05) is 12.2 Å². The number of aromatic nitrogens is 3. The molecule has 0 fully saturated rings. The van der Waals surface area contributed by atoms with Gasteiger partial charge in [0.1, 0.15) is 6.33 Å². The van der Waals surface area contributed by atoms with Crippen molar-refractivity contribution in [3.63, 3.8) is 0 Å². The van der Waals surface area contributed by atoms with Crippen molar-refractivity contribution < 1.29 is 4.92 Å².